The lowest BCUT2D eigenvalue weighted by Crippen LogP contribution is -2.42. The Morgan fingerprint density at radius 2 is 1.63 bits per heavy atom. The van der Waals surface area contributed by atoms with Gasteiger partial charge in [-0.05, 0) is 30.5 Å². The van der Waals surface area contributed by atoms with Gasteiger partial charge in [0.05, 0.1) is 11.8 Å². The first-order chi connectivity index (χ1) is 12.8. The van der Waals surface area contributed by atoms with E-state index in [1.165, 1.54) is 25.7 Å². The molecule has 0 aromatic heterocycles. The second kappa shape index (κ2) is 12.1. The lowest BCUT2D eigenvalue weighted by Gasteiger charge is -2.32. The summed E-state index contributed by atoms with van der Waals surface area (Å²) in [6.45, 7) is 10.9. The van der Waals surface area contributed by atoms with Crippen molar-refractivity contribution in [1.29, 1.82) is 0 Å². The highest BCUT2D eigenvalue weighted by Crippen LogP contribution is 2.31. The molecule has 154 valence electrons. The van der Waals surface area contributed by atoms with Crippen LogP contribution in [0.4, 0.5) is 5.69 Å². The zero-order valence-electron chi connectivity index (χ0n) is 18.1. The van der Waals surface area contributed by atoms with Crippen LogP contribution in [0.15, 0.2) is 24.3 Å². The zero-order chi connectivity index (χ0) is 20.3. The molecule has 0 fully saturated rings. The predicted octanol–water partition coefficient (Wildman–Crippen LogP) is 5.34. The van der Waals surface area contributed by atoms with Gasteiger partial charge in [0.2, 0.25) is 5.91 Å². The minimum atomic E-state index is -0.367. The van der Waals surface area contributed by atoms with Gasteiger partial charge < -0.3 is 5.11 Å². The largest absolute Gasteiger partial charge is 0.392 e. The first-order valence-electron chi connectivity index (χ1n) is 10.7. The third-order valence-electron chi connectivity index (χ3n) is 5.40. The van der Waals surface area contributed by atoms with Crippen LogP contribution in [-0.2, 0) is 10.2 Å². The number of aliphatic hydroxyl groups excluding tert-OH is 1. The van der Waals surface area contributed by atoms with Crippen LogP contribution in [0.1, 0.15) is 91.5 Å². The van der Waals surface area contributed by atoms with Gasteiger partial charge >= 0.3 is 0 Å². The molecule has 0 heterocycles. The third kappa shape index (κ3) is 7.63. The molecule has 0 aliphatic rings. The average Bonchev–Trinajstić information content (AvgIpc) is 2.65. The van der Waals surface area contributed by atoms with Crippen molar-refractivity contribution in [1.82, 2.24) is 5.43 Å². The summed E-state index contributed by atoms with van der Waals surface area (Å²) in [5.74, 6) is -0.0152. The van der Waals surface area contributed by atoms with E-state index in [0.29, 0.717) is 0 Å². The second-order valence-corrected chi connectivity index (χ2v) is 8.10. The maximum atomic E-state index is 12.0. The maximum absolute atomic E-state index is 12.0. The first kappa shape index (κ1) is 23.6. The van der Waals surface area contributed by atoms with E-state index in [4.69, 9.17) is 0 Å². The van der Waals surface area contributed by atoms with Crippen molar-refractivity contribution in [3.05, 3.63) is 29.8 Å². The van der Waals surface area contributed by atoms with E-state index >= 15 is 0 Å². The van der Waals surface area contributed by atoms with E-state index in [1.54, 1.807) is 11.9 Å². The number of aliphatic hydroxyl groups is 1. The lowest BCUT2D eigenvalue weighted by atomic mass is 9.77. The van der Waals surface area contributed by atoms with E-state index in [-0.39, 0.29) is 17.4 Å². The Kier molecular flexibility index (Phi) is 10.6. The summed E-state index contributed by atoms with van der Waals surface area (Å²) in [7, 11) is 0. The minimum Gasteiger partial charge on any atom is -0.392 e. The maximum Gasteiger partial charge on any atom is 0.238 e. The fourth-order valence-electron chi connectivity index (χ4n) is 3.29. The normalized spacial score (nSPS) is 12.8. The summed E-state index contributed by atoms with van der Waals surface area (Å²) >= 11 is 0. The quantitative estimate of drug-likeness (QED) is 0.361. The van der Waals surface area contributed by atoms with Gasteiger partial charge in [0.1, 0.15) is 0 Å². The molecule has 4 nitrogen and oxygen atoms in total. The van der Waals surface area contributed by atoms with E-state index < -0.39 is 0 Å². The number of amides is 1. The standard InChI is InChI=1S/C23H40N2O2/c1-6-8-10-11-12-18-24-25(19(3)26)21-16-14-20(15-17-21)23(4,5)22(27)13-9-7-2/h14-17,22,24,27H,6-13,18H2,1-5H3. The molecule has 0 aliphatic heterocycles. The Balaban J connectivity index is 2.71. The minimum absolute atomic E-state index is 0.0152. The number of unbranched alkanes of at least 4 members (excludes halogenated alkanes) is 5. The molecule has 1 rings (SSSR count). The van der Waals surface area contributed by atoms with Crippen molar-refractivity contribution in [3.63, 3.8) is 0 Å². The van der Waals surface area contributed by atoms with Gasteiger partial charge in [0.25, 0.3) is 0 Å². The number of hydrogen-bond donors (Lipinski definition) is 2. The van der Waals surface area contributed by atoms with Crippen LogP contribution >= 0.6 is 0 Å². The Bertz CT molecular complexity index is 540. The summed E-state index contributed by atoms with van der Waals surface area (Å²) in [4.78, 5) is 12.0. The number of anilines is 1. The summed E-state index contributed by atoms with van der Waals surface area (Å²) in [5.41, 5.74) is 4.89. The lowest BCUT2D eigenvalue weighted by molar-refractivity contribution is -0.117. The van der Waals surface area contributed by atoms with Crippen LogP contribution in [0.3, 0.4) is 0 Å². The van der Waals surface area contributed by atoms with Gasteiger partial charge in [-0.15, -0.1) is 0 Å². The number of benzene rings is 1. The Hall–Kier alpha value is -1.39. The fourth-order valence-corrected chi connectivity index (χ4v) is 3.29. The second-order valence-electron chi connectivity index (χ2n) is 8.10. The Morgan fingerprint density at radius 3 is 2.19 bits per heavy atom. The Morgan fingerprint density at radius 1 is 1.04 bits per heavy atom. The molecule has 4 heteroatoms. The van der Waals surface area contributed by atoms with Gasteiger partial charge in [0, 0.05) is 18.9 Å². The highest BCUT2D eigenvalue weighted by atomic mass is 16.3. The van der Waals surface area contributed by atoms with Crippen LogP contribution in [-0.4, -0.2) is 23.7 Å². The first-order valence-corrected chi connectivity index (χ1v) is 10.7. The fraction of sp³-hybridized carbons (Fsp3) is 0.696. The molecule has 0 saturated carbocycles. The molecule has 0 spiro atoms. The molecule has 1 aromatic carbocycles. The Labute approximate surface area is 166 Å². The van der Waals surface area contributed by atoms with Crippen molar-refractivity contribution in [2.24, 2.45) is 0 Å². The highest BCUT2D eigenvalue weighted by Gasteiger charge is 2.29. The number of carbonyl (C=O) groups is 1. The van der Waals surface area contributed by atoms with Crippen molar-refractivity contribution in [2.75, 3.05) is 11.6 Å². The molecule has 1 aromatic rings. The van der Waals surface area contributed by atoms with Crippen molar-refractivity contribution < 1.29 is 9.90 Å². The van der Waals surface area contributed by atoms with Gasteiger partial charge in [-0.2, -0.15) is 0 Å². The van der Waals surface area contributed by atoms with Gasteiger partial charge in [0.15, 0.2) is 0 Å². The molecule has 0 bridgehead atoms. The number of nitrogens with zero attached hydrogens (tertiary/aromatic N) is 1. The molecule has 0 radical (unpaired) electrons. The van der Waals surface area contributed by atoms with E-state index in [1.807, 2.05) is 24.3 Å². The van der Waals surface area contributed by atoms with Crippen molar-refractivity contribution >= 4 is 11.6 Å². The van der Waals surface area contributed by atoms with Gasteiger partial charge in [-0.1, -0.05) is 78.4 Å². The molecular weight excluding hydrogens is 336 g/mol. The molecule has 27 heavy (non-hydrogen) atoms. The molecule has 1 amide bonds. The number of hydrogen-bond acceptors (Lipinski definition) is 3. The van der Waals surface area contributed by atoms with Crippen LogP contribution in [0.5, 0.6) is 0 Å². The molecule has 0 saturated heterocycles. The summed E-state index contributed by atoms with van der Waals surface area (Å²) < 4.78 is 0. The van der Waals surface area contributed by atoms with E-state index in [2.05, 4.69) is 33.1 Å². The SMILES string of the molecule is CCCCCCCNN(C(C)=O)c1ccc(C(C)(C)C(O)CCCC)cc1. The third-order valence-corrected chi connectivity index (χ3v) is 5.40. The van der Waals surface area contributed by atoms with Crippen LogP contribution in [0, 0.1) is 0 Å². The number of hydrazine groups is 1. The molecule has 1 unspecified atom stereocenters. The number of nitrogens with one attached hydrogen (secondary N) is 1. The van der Waals surface area contributed by atoms with Crippen LogP contribution < -0.4 is 10.4 Å². The molecule has 2 N–H and O–H groups in total. The average molecular weight is 377 g/mol. The van der Waals surface area contributed by atoms with Gasteiger partial charge in [-0.3, -0.25) is 4.79 Å². The van der Waals surface area contributed by atoms with E-state index in [0.717, 1.165) is 43.5 Å². The summed E-state index contributed by atoms with van der Waals surface area (Å²) in [6.07, 6.45) is 8.59. The van der Waals surface area contributed by atoms with Crippen molar-refractivity contribution in [2.45, 2.75) is 97.5 Å². The smallest absolute Gasteiger partial charge is 0.238 e. The highest BCUT2D eigenvalue weighted by molar-refractivity contribution is 5.90. The molecular formula is C23H40N2O2. The van der Waals surface area contributed by atoms with E-state index in [9.17, 15) is 9.90 Å². The zero-order valence-corrected chi connectivity index (χ0v) is 18.1. The number of rotatable bonds is 13. The molecule has 0 aliphatic carbocycles. The van der Waals surface area contributed by atoms with Crippen LogP contribution in [0.25, 0.3) is 0 Å². The number of carbonyl (C=O) groups excluding carboxylic acids is 1. The summed E-state index contributed by atoms with van der Waals surface area (Å²) in [5, 5.41) is 12.2. The predicted molar refractivity (Wildman–Crippen MR) is 115 cm³/mol. The topological polar surface area (TPSA) is 52.6 Å². The monoisotopic (exact) mass is 376 g/mol. The summed E-state index contributed by atoms with van der Waals surface area (Å²) in [6, 6.07) is 8.00. The van der Waals surface area contributed by atoms with Gasteiger partial charge in [-0.25, -0.2) is 10.4 Å². The van der Waals surface area contributed by atoms with Crippen molar-refractivity contribution in [3.8, 4) is 0 Å². The molecule has 1 atom stereocenters. The van der Waals surface area contributed by atoms with Crippen LogP contribution in [0.2, 0.25) is 0 Å².